The summed E-state index contributed by atoms with van der Waals surface area (Å²) in [5, 5.41) is 2.74. The minimum absolute atomic E-state index is 0.145. The molecular weight excluding hydrogens is 349 g/mol. The fraction of sp³-hybridized carbons (Fsp3) is 0.250. The number of hydrogen-bond donors (Lipinski definition) is 1. The summed E-state index contributed by atoms with van der Waals surface area (Å²) in [5.41, 5.74) is 0.844. The molecule has 1 amide bonds. The van der Waals surface area contributed by atoms with Crippen molar-refractivity contribution < 1.29 is 9.18 Å². The number of nitrogens with one attached hydrogen (secondary N) is 1. The van der Waals surface area contributed by atoms with Crippen LogP contribution in [0.25, 0.3) is 0 Å². The largest absolute Gasteiger partial charge is 0.310 e. The zero-order chi connectivity index (χ0) is 15.9. The van der Waals surface area contributed by atoms with Crippen molar-refractivity contribution in [2.24, 2.45) is 0 Å². The molecule has 116 valence electrons. The predicted molar refractivity (Wildman–Crippen MR) is 87.9 cm³/mol. The Morgan fingerprint density at radius 2 is 2.18 bits per heavy atom. The van der Waals surface area contributed by atoms with E-state index in [1.165, 1.54) is 12.1 Å². The molecule has 2 aromatic rings. The Kier molecular flexibility index (Phi) is 6.03. The van der Waals surface area contributed by atoms with Crippen LogP contribution in [-0.2, 0) is 11.3 Å². The van der Waals surface area contributed by atoms with Gasteiger partial charge in [0.1, 0.15) is 11.6 Å². The summed E-state index contributed by atoms with van der Waals surface area (Å²) in [6.45, 7) is 3.41. The van der Waals surface area contributed by atoms with E-state index in [1.807, 2.05) is 24.0 Å². The number of benzene rings is 1. The van der Waals surface area contributed by atoms with Crippen LogP contribution in [0.2, 0.25) is 0 Å². The third-order valence-corrected chi connectivity index (χ3v) is 3.57. The first-order chi connectivity index (χ1) is 10.6. The maximum atomic E-state index is 13.2. The number of carbonyl (C=O) groups excluding carboxylic acids is 1. The average Bonchev–Trinajstić information content (AvgIpc) is 2.49. The number of rotatable bonds is 6. The lowest BCUT2D eigenvalue weighted by Gasteiger charge is -2.19. The van der Waals surface area contributed by atoms with Crippen LogP contribution in [0.1, 0.15) is 12.5 Å². The van der Waals surface area contributed by atoms with Gasteiger partial charge in [0.25, 0.3) is 0 Å². The summed E-state index contributed by atoms with van der Waals surface area (Å²) >= 11 is 3.29. The van der Waals surface area contributed by atoms with E-state index in [2.05, 4.69) is 26.2 Å². The van der Waals surface area contributed by atoms with Gasteiger partial charge in [0.15, 0.2) is 0 Å². The maximum Gasteiger partial charge on any atom is 0.239 e. The summed E-state index contributed by atoms with van der Waals surface area (Å²) < 4.78 is 14.0. The van der Waals surface area contributed by atoms with Crippen LogP contribution in [0.3, 0.4) is 0 Å². The third kappa shape index (κ3) is 5.20. The van der Waals surface area contributed by atoms with Crippen LogP contribution in [-0.4, -0.2) is 28.9 Å². The molecule has 1 heterocycles. The monoisotopic (exact) mass is 365 g/mol. The number of carbonyl (C=O) groups is 1. The topological polar surface area (TPSA) is 45.2 Å². The van der Waals surface area contributed by atoms with Crippen molar-refractivity contribution in [1.29, 1.82) is 0 Å². The van der Waals surface area contributed by atoms with Crippen LogP contribution < -0.4 is 5.32 Å². The average molecular weight is 366 g/mol. The molecule has 0 aliphatic heterocycles. The van der Waals surface area contributed by atoms with E-state index in [4.69, 9.17) is 0 Å². The van der Waals surface area contributed by atoms with Crippen LogP contribution in [0.5, 0.6) is 0 Å². The van der Waals surface area contributed by atoms with E-state index in [9.17, 15) is 9.18 Å². The van der Waals surface area contributed by atoms with E-state index >= 15 is 0 Å². The standard InChI is InChI=1S/C16H17BrFN3O/c1-2-21(10-12-4-3-5-14(18)8-12)11-16(22)20-15-7-6-13(17)9-19-15/h3-9H,2,10-11H2,1H3,(H,19,20,22). The lowest BCUT2D eigenvalue weighted by molar-refractivity contribution is -0.117. The van der Waals surface area contributed by atoms with Gasteiger partial charge in [0.05, 0.1) is 6.54 Å². The number of pyridine rings is 1. The lowest BCUT2D eigenvalue weighted by atomic mass is 10.2. The van der Waals surface area contributed by atoms with Crippen molar-refractivity contribution in [3.8, 4) is 0 Å². The molecule has 0 bridgehead atoms. The van der Waals surface area contributed by atoms with Crippen molar-refractivity contribution in [3.05, 3.63) is 58.4 Å². The Morgan fingerprint density at radius 3 is 2.82 bits per heavy atom. The first-order valence-corrected chi connectivity index (χ1v) is 7.74. The van der Waals surface area contributed by atoms with Gasteiger partial charge in [-0.15, -0.1) is 0 Å². The van der Waals surface area contributed by atoms with Crippen LogP contribution in [0, 0.1) is 5.82 Å². The fourth-order valence-corrected chi connectivity index (χ4v) is 2.24. The highest BCUT2D eigenvalue weighted by molar-refractivity contribution is 9.10. The van der Waals surface area contributed by atoms with Crippen LogP contribution in [0.4, 0.5) is 10.2 Å². The highest BCUT2D eigenvalue weighted by Gasteiger charge is 2.11. The van der Waals surface area contributed by atoms with Gasteiger partial charge in [-0.1, -0.05) is 19.1 Å². The molecule has 4 nitrogen and oxygen atoms in total. The predicted octanol–water partition coefficient (Wildman–Crippen LogP) is 3.44. The number of anilines is 1. The molecule has 6 heteroatoms. The van der Waals surface area contributed by atoms with Gasteiger partial charge in [0, 0.05) is 17.2 Å². The maximum absolute atomic E-state index is 13.2. The van der Waals surface area contributed by atoms with Crippen molar-refractivity contribution in [2.45, 2.75) is 13.5 Å². The second-order valence-corrected chi connectivity index (χ2v) is 5.76. The molecule has 0 fully saturated rings. The van der Waals surface area contributed by atoms with Gasteiger partial charge in [-0.2, -0.15) is 0 Å². The molecule has 2 rings (SSSR count). The van der Waals surface area contributed by atoms with Gasteiger partial charge in [-0.3, -0.25) is 9.69 Å². The van der Waals surface area contributed by atoms with E-state index in [0.29, 0.717) is 18.9 Å². The molecule has 0 spiro atoms. The van der Waals surface area contributed by atoms with Crippen molar-refractivity contribution >= 4 is 27.7 Å². The Labute approximate surface area is 137 Å². The SMILES string of the molecule is CCN(CC(=O)Nc1ccc(Br)cn1)Cc1cccc(F)c1. The Balaban J connectivity index is 1.91. The molecule has 0 aliphatic carbocycles. The molecular formula is C16H17BrFN3O. The third-order valence-electron chi connectivity index (χ3n) is 3.10. The molecule has 0 atom stereocenters. The van der Waals surface area contributed by atoms with E-state index in [-0.39, 0.29) is 18.3 Å². The molecule has 0 aliphatic rings. The Morgan fingerprint density at radius 1 is 1.36 bits per heavy atom. The fourth-order valence-electron chi connectivity index (χ4n) is 2.01. The van der Waals surface area contributed by atoms with E-state index in [0.717, 1.165) is 10.0 Å². The number of halogens is 2. The van der Waals surface area contributed by atoms with Crippen molar-refractivity contribution in [3.63, 3.8) is 0 Å². The Bertz CT molecular complexity index is 634. The van der Waals surface area contributed by atoms with E-state index < -0.39 is 0 Å². The highest BCUT2D eigenvalue weighted by Crippen LogP contribution is 2.11. The number of nitrogens with zero attached hydrogens (tertiary/aromatic N) is 2. The summed E-state index contributed by atoms with van der Waals surface area (Å²) in [4.78, 5) is 18.1. The smallest absolute Gasteiger partial charge is 0.239 e. The van der Waals surface area contributed by atoms with Gasteiger partial charge in [-0.05, 0) is 52.3 Å². The molecule has 1 N–H and O–H groups in total. The summed E-state index contributed by atoms with van der Waals surface area (Å²) in [5.74, 6) is 0.0974. The molecule has 0 saturated carbocycles. The first-order valence-electron chi connectivity index (χ1n) is 6.95. The first kappa shape index (κ1) is 16.6. The summed E-state index contributed by atoms with van der Waals surface area (Å²) in [6.07, 6.45) is 1.62. The van der Waals surface area contributed by atoms with Gasteiger partial charge < -0.3 is 5.32 Å². The van der Waals surface area contributed by atoms with Gasteiger partial charge in [0.2, 0.25) is 5.91 Å². The molecule has 1 aromatic heterocycles. The van der Waals surface area contributed by atoms with Crippen molar-refractivity contribution in [2.75, 3.05) is 18.4 Å². The normalized spacial score (nSPS) is 10.7. The minimum atomic E-state index is -0.267. The minimum Gasteiger partial charge on any atom is -0.310 e. The lowest BCUT2D eigenvalue weighted by Crippen LogP contribution is -2.33. The molecule has 0 saturated heterocycles. The molecule has 0 unspecified atom stereocenters. The Hall–Kier alpha value is -1.79. The molecule has 0 radical (unpaired) electrons. The number of amides is 1. The second kappa shape index (κ2) is 8.00. The van der Waals surface area contributed by atoms with Crippen LogP contribution in [0.15, 0.2) is 47.1 Å². The highest BCUT2D eigenvalue weighted by atomic mass is 79.9. The summed E-state index contributed by atoms with van der Waals surface area (Å²) in [6, 6.07) is 9.95. The number of hydrogen-bond acceptors (Lipinski definition) is 3. The zero-order valence-electron chi connectivity index (χ0n) is 12.2. The van der Waals surface area contributed by atoms with Crippen molar-refractivity contribution in [1.82, 2.24) is 9.88 Å². The quantitative estimate of drug-likeness (QED) is 0.852. The summed E-state index contributed by atoms with van der Waals surface area (Å²) in [7, 11) is 0. The molecule has 22 heavy (non-hydrogen) atoms. The van der Waals surface area contributed by atoms with Gasteiger partial charge >= 0.3 is 0 Å². The number of aromatic nitrogens is 1. The zero-order valence-corrected chi connectivity index (χ0v) is 13.8. The molecule has 1 aromatic carbocycles. The van der Waals surface area contributed by atoms with Gasteiger partial charge in [-0.25, -0.2) is 9.37 Å². The van der Waals surface area contributed by atoms with E-state index in [1.54, 1.807) is 18.3 Å². The second-order valence-electron chi connectivity index (χ2n) is 4.84. The number of likely N-dealkylation sites (N-methyl/N-ethyl adjacent to an activating group) is 1. The van der Waals surface area contributed by atoms with Crippen LogP contribution >= 0.6 is 15.9 Å².